The first-order valence-corrected chi connectivity index (χ1v) is 5.93. The Hall–Kier alpha value is -1.79. The van der Waals surface area contributed by atoms with Crippen molar-refractivity contribution >= 4 is 5.97 Å². The molecule has 0 aliphatic rings. The number of aliphatic hydroxyl groups is 1. The number of nitrogens with one attached hydrogen (secondary N) is 1. The summed E-state index contributed by atoms with van der Waals surface area (Å²) < 4.78 is 10.3. The second-order valence-electron chi connectivity index (χ2n) is 4.15. The fourth-order valence-corrected chi connectivity index (χ4v) is 1.51. The van der Waals surface area contributed by atoms with Crippen LogP contribution in [0.1, 0.15) is 12.5 Å². The van der Waals surface area contributed by atoms with Crippen molar-refractivity contribution in [3.05, 3.63) is 23.8 Å². The Balaban J connectivity index is 2.64. The van der Waals surface area contributed by atoms with Crippen LogP contribution in [0.15, 0.2) is 18.2 Å². The van der Waals surface area contributed by atoms with Gasteiger partial charge in [-0.15, -0.1) is 0 Å². The molecule has 0 aliphatic heterocycles. The highest BCUT2D eigenvalue weighted by Crippen LogP contribution is 2.27. The van der Waals surface area contributed by atoms with Crippen LogP contribution in [0, 0.1) is 0 Å². The molecule has 0 spiro atoms. The number of hydrogen-bond acceptors (Lipinski definition) is 5. The molecule has 0 saturated carbocycles. The number of carbonyl (C=O) groups is 1. The monoisotopic (exact) mass is 269 g/mol. The van der Waals surface area contributed by atoms with Gasteiger partial charge in [-0.25, -0.2) is 4.79 Å². The molecular formula is C13H19NO5. The largest absolute Gasteiger partial charge is 0.493 e. The highest BCUT2D eigenvalue weighted by molar-refractivity contribution is 5.68. The topological polar surface area (TPSA) is 88.0 Å². The van der Waals surface area contributed by atoms with Crippen LogP contribution in [-0.2, 0) is 11.3 Å². The van der Waals surface area contributed by atoms with Crippen LogP contribution in [0.25, 0.3) is 0 Å². The Morgan fingerprint density at radius 2 is 2.16 bits per heavy atom. The predicted octanol–water partition coefficient (Wildman–Crippen LogP) is 0.629. The highest BCUT2D eigenvalue weighted by atomic mass is 16.5. The van der Waals surface area contributed by atoms with Crippen molar-refractivity contribution < 1.29 is 24.5 Å². The molecule has 0 radical (unpaired) electrons. The molecule has 1 atom stereocenters. The van der Waals surface area contributed by atoms with Crippen molar-refractivity contribution in [2.75, 3.05) is 20.3 Å². The van der Waals surface area contributed by atoms with Crippen LogP contribution in [0.2, 0.25) is 0 Å². The standard InChI is InChI=1S/C13H19NO5/c1-9(15)6-14-7-10-3-4-11(12(5-10)18-2)19-8-13(16)17/h3-5,9,14-15H,6-8H2,1-2H3,(H,16,17)/t9-/m1/s1. The normalized spacial score (nSPS) is 11.9. The second-order valence-corrected chi connectivity index (χ2v) is 4.15. The van der Waals surface area contributed by atoms with Crippen LogP contribution >= 0.6 is 0 Å². The molecular weight excluding hydrogens is 250 g/mol. The van der Waals surface area contributed by atoms with Gasteiger partial charge in [-0.3, -0.25) is 0 Å². The fourth-order valence-electron chi connectivity index (χ4n) is 1.51. The summed E-state index contributed by atoms with van der Waals surface area (Å²) in [6.45, 7) is 2.38. The molecule has 0 aliphatic carbocycles. The summed E-state index contributed by atoms with van der Waals surface area (Å²) in [6, 6.07) is 5.25. The molecule has 106 valence electrons. The molecule has 0 heterocycles. The summed E-state index contributed by atoms with van der Waals surface area (Å²) in [4.78, 5) is 10.4. The number of hydrogen-bond donors (Lipinski definition) is 3. The Labute approximate surface area is 112 Å². The molecule has 1 rings (SSSR count). The molecule has 0 saturated heterocycles. The van der Waals surface area contributed by atoms with E-state index in [0.717, 1.165) is 5.56 Å². The van der Waals surface area contributed by atoms with Crippen molar-refractivity contribution in [1.82, 2.24) is 5.32 Å². The second kappa shape index (κ2) is 7.60. The maximum atomic E-state index is 10.4. The third kappa shape index (κ3) is 5.58. The average molecular weight is 269 g/mol. The van der Waals surface area contributed by atoms with Gasteiger partial charge in [0.2, 0.25) is 0 Å². The molecule has 19 heavy (non-hydrogen) atoms. The zero-order valence-electron chi connectivity index (χ0n) is 11.0. The SMILES string of the molecule is COc1cc(CNC[C@@H](C)O)ccc1OCC(=O)O. The fraction of sp³-hybridized carbons (Fsp3) is 0.462. The van der Waals surface area contributed by atoms with Crippen molar-refractivity contribution in [2.24, 2.45) is 0 Å². The van der Waals surface area contributed by atoms with E-state index in [0.29, 0.717) is 24.6 Å². The molecule has 6 heteroatoms. The zero-order valence-corrected chi connectivity index (χ0v) is 11.0. The lowest BCUT2D eigenvalue weighted by molar-refractivity contribution is -0.139. The predicted molar refractivity (Wildman–Crippen MR) is 69.5 cm³/mol. The molecule has 0 bridgehead atoms. The van der Waals surface area contributed by atoms with Crippen molar-refractivity contribution in [1.29, 1.82) is 0 Å². The van der Waals surface area contributed by atoms with Gasteiger partial charge in [-0.1, -0.05) is 6.07 Å². The number of methoxy groups -OCH3 is 1. The van der Waals surface area contributed by atoms with E-state index in [-0.39, 0.29) is 0 Å². The summed E-state index contributed by atoms with van der Waals surface area (Å²) >= 11 is 0. The molecule has 1 aromatic carbocycles. The minimum absolute atomic E-state index is 0.393. The number of carboxylic acid groups (broad SMARTS) is 1. The van der Waals surface area contributed by atoms with Crippen LogP contribution in [0.3, 0.4) is 0 Å². The quantitative estimate of drug-likeness (QED) is 0.641. The maximum Gasteiger partial charge on any atom is 0.341 e. The molecule has 0 aromatic heterocycles. The van der Waals surface area contributed by atoms with E-state index in [2.05, 4.69) is 5.32 Å². The van der Waals surface area contributed by atoms with Crippen molar-refractivity contribution in [2.45, 2.75) is 19.6 Å². The Morgan fingerprint density at radius 1 is 1.42 bits per heavy atom. The highest BCUT2D eigenvalue weighted by Gasteiger charge is 2.07. The lowest BCUT2D eigenvalue weighted by Gasteiger charge is -2.12. The summed E-state index contributed by atoms with van der Waals surface area (Å²) in [5, 5.41) is 20.8. The number of benzene rings is 1. The van der Waals surface area contributed by atoms with E-state index in [9.17, 15) is 4.79 Å². The first kappa shape index (κ1) is 15.3. The van der Waals surface area contributed by atoms with Gasteiger partial charge >= 0.3 is 5.97 Å². The number of aliphatic hydroxyl groups excluding tert-OH is 1. The molecule has 1 aromatic rings. The molecule has 0 unspecified atom stereocenters. The minimum Gasteiger partial charge on any atom is -0.493 e. The number of ether oxygens (including phenoxy) is 2. The van der Waals surface area contributed by atoms with Crippen molar-refractivity contribution in [3.63, 3.8) is 0 Å². The third-order valence-corrected chi connectivity index (χ3v) is 2.35. The van der Waals surface area contributed by atoms with E-state index in [1.807, 2.05) is 6.07 Å². The van der Waals surface area contributed by atoms with Crippen LogP contribution < -0.4 is 14.8 Å². The number of aliphatic carboxylic acids is 1. The minimum atomic E-state index is -1.04. The lowest BCUT2D eigenvalue weighted by Crippen LogP contribution is -2.23. The average Bonchev–Trinajstić information content (AvgIpc) is 2.36. The van der Waals surface area contributed by atoms with Gasteiger partial charge < -0.3 is 25.0 Å². The molecule has 0 fully saturated rings. The van der Waals surface area contributed by atoms with Gasteiger partial charge in [0, 0.05) is 13.1 Å². The Bertz CT molecular complexity index is 419. The van der Waals surface area contributed by atoms with Crippen LogP contribution in [0.5, 0.6) is 11.5 Å². The summed E-state index contributed by atoms with van der Waals surface area (Å²) in [6.07, 6.45) is -0.403. The van der Waals surface area contributed by atoms with E-state index >= 15 is 0 Å². The first-order valence-electron chi connectivity index (χ1n) is 5.93. The molecule has 0 amide bonds. The molecule has 3 N–H and O–H groups in total. The van der Waals surface area contributed by atoms with E-state index in [1.54, 1.807) is 19.1 Å². The number of rotatable bonds is 8. The van der Waals surface area contributed by atoms with Crippen LogP contribution in [0.4, 0.5) is 0 Å². The van der Waals surface area contributed by atoms with Gasteiger partial charge in [-0.05, 0) is 24.6 Å². The van der Waals surface area contributed by atoms with E-state index in [4.69, 9.17) is 19.7 Å². The number of carboxylic acids is 1. The van der Waals surface area contributed by atoms with Gasteiger partial charge in [0.1, 0.15) is 0 Å². The summed E-state index contributed by atoms with van der Waals surface area (Å²) in [5.41, 5.74) is 0.958. The van der Waals surface area contributed by atoms with Gasteiger partial charge in [0.05, 0.1) is 13.2 Å². The van der Waals surface area contributed by atoms with Crippen LogP contribution in [-0.4, -0.2) is 42.5 Å². The summed E-state index contributed by atoms with van der Waals surface area (Å²) in [5.74, 6) is -0.161. The third-order valence-electron chi connectivity index (χ3n) is 2.35. The zero-order chi connectivity index (χ0) is 14.3. The van der Waals surface area contributed by atoms with E-state index in [1.165, 1.54) is 7.11 Å². The summed E-state index contributed by atoms with van der Waals surface area (Å²) in [7, 11) is 1.50. The van der Waals surface area contributed by atoms with Gasteiger partial charge in [0.15, 0.2) is 18.1 Å². The Morgan fingerprint density at radius 3 is 2.74 bits per heavy atom. The lowest BCUT2D eigenvalue weighted by atomic mass is 10.2. The smallest absolute Gasteiger partial charge is 0.341 e. The maximum absolute atomic E-state index is 10.4. The van der Waals surface area contributed by atoms with E-state index < -0.39 is 18.7 Å². The van der Waals surface area contributed by atoms with Gasteiger partial charge in [0.25, 0.3) is 0 Å². The Kier molecular flexibility index (Phi) is 6.11. The van der Waals surface area contributed by atoms with Gasteiger partial charge in [-0.2, -0.15) is 0 Å². The van der Waals surface area contributed by atoms with Crippen molar-refractivity contribution in [3.8, 4) is 11.5 Å². The first-order chi connectivity index (χ1) is 9.02. The molecule has 6 nitrogen and oxygen atoms in total.